The van der Waals surface area contributed by atoms with E-state index < -0.39 is 0 Å². The Bertz CT molecular complexity index is 157. The second kappa shape index (κ2) is 5.16. The average molecular weight is 195 g/mol. The smallest absolute Gasteiger partial charge is 0.00683 e. The van der Waals surface area contributed by atoms with E-state index in [4.69, 9.17) is 0 Å². The van der Waals surface area contributed by atoms with Crippen molar-refractivity contribution in [3.8, 4) is 0 Å². The summed E-state index contributed by atoms with van der Waals surface area (Å²) in [5, 5.41) is 3.72. The van der Waals surface area contributed by atoms with Crippen LogP contribution in [0.15, 0.2) is 0 Å². The molecule has 0 aromatic rings. The second-order valence-corrected chi connectivity index (χ2v) is 5.28. The standard InChI is InChI=1S/C13H25N/c1-2-5-12(10-14-13-8-9-13)11-6-3-4-7-11/h11-14H,2-10H2,1H3. The lowest BCUT2D eigenvalue weighted by Crippen LogP contribution is -2.28. The van der Waals surface area contributed by atoms with Crippen molar-refractivity contribution in [3.05, 3.63) is 0 Å². The van der Waals surface area contributed by atoms with Gasteiger partial charge in [-0.1, -0.05) is 39.0 Å². The van der Waals surface area contributed by atoms with E-state index in [2.05, 4.69) is 12.2 Å². The lowest BCUT2D eigenvalue weighted by Gasteiger charge is -2.23. The highest BCUT2D eigenvalue weighted by Gasteiger charge is 2.27. The summed E-state index contributed by atoms with van der Waals surface area (Å²) in [6.07, 6.45) is 11.7. The minimum atomic E-state index is 0.899. The first-order chi connectivity index (χ1) is 6.90. The fourth-order valence-electron chi connectivity index (χ4n) is 2.91. The summed E-state index contributed by atoms with van der Waals surface area (Å²) in [6, 6.07) is 0.899. The molecule has 14 heavy (non-hydrogen) atoms. The fourth-order valence-corrected chi connectivity index (χ4v) is 2.91. The molecule has 2 saturated carbocycles. The highest BCUT2D eigenvalue weighted by atomic mass is 14.9. The van der Waals surface area contributed by atoms with Crippen LogP contribution in [0.3, 0.4) is 0 Å². The van der Waals surface area contributed by atoms with Crippen LogP contribution in [0.5, 0.6) is 0 Å². The van der Waals surface area contributed by atoms with E-state index in [1.165, 1.54) is 57.9 Å². The molecule has 2 fully saturated rings. The predicted octanol–water partition coefficient (Wildman–Crippen LogP) is 3.34. The van der Waals surface area contributed by atoms with Crippen LogP contribution < -0.4 is 5.32 Å². The Morgan fingerprint density at radius 1 is 1.14 bits per heavy atom. The van der Waals surface area contributed by atoms with E-state index in [1.807, 2.05) is 0 Å². The molecule has 0 aliphatic heterocycles. The first-order valence-corrected chi connectivity index (χ1v) is 6.63. The highest BCUT2D eigenvalue weighted by Crippen LogP contribution is 2.34. The zero-order valence-corrected chi connectivity index (χ0v) is 9.60. The summed E-state index contributed by atoms with van der Waals surface area (Å²) >= 11 is 0. The average Bonchev–Trinajstić information content (AvgIpc) is 2.86. The lowest BCUT2D eigenvalue weighted by atomic mass is 9.87. The number of hydrogen-bond acceptors (Lipinski definition) is 1. The maximum atomic E-state index is 3.72. The Labute approximate surface area is 88.7 Å². The first-order valence-electron chi connectivity index (χ1n) is 6.63. The maximum Gasteiger partial charge on any atom is 0.00683 e. The Hall–Kier alpha value is -0.0400. The third-order valence-electron chi connectivity index (χ3n) is 3.97. The van der Waals surface area contributed by atoms with Crippen LogP contribution in [-0.2, 0) is 0 Å². The molecule has 2 aliphatic carbocycles. The summed E-state index contributed by atoms with van der Waals surface area (Å²) in [6.45, 7) is 3.64. The van der Waals surface area contributed by atoms with Gasteiger partial charge in [0.05, 0.1) is 0 Å². The molecule has 0 saturated heterocycles. The molecule has 0 aromatic carbocycles. The number of hydrogen-bond donors (Lipinski definition) is 1. The molecular weight excluding hydrogens is 170 g/mol. The Kier molecular flexibility index (Phi) is 3.86. The molecule has 0 aromatic heterocycles. The van der Waals surface area contributed by atoms with Crippen LogP contribution in [0, 0.1) is 11.8 Å². The van der Waals surface area contributed by atoms with Crippen LogP contribution >= 0.6 is 0 Å². The Balaban J connectivity index is 1.72. The van der Waals surface area contributed by atoms with Gasteiger partial charge in [0.1, 0.15) is 0 Å². The number of nitrogens with one attached hydrogen (secondary N) is 1. The monoisotopic (exact) mass is 195 g/mol. The van der Waals surface area contributed by atoms with Gasteiger partial charge in [0.25, 0.3) is 0 Å². The minimum absolute atomic E-state index is 0.899. The van der Waals surface area contributed by atoms with Crippen LogP contribution in [0.25, 0.3) is 0 Å². The van der Waals surface area contributed by atoms with Crippen LogP contribution in [-0.4, -0.2) is 12.6 Å². The molecule has 1 unspecified atom stereocenters. The highest BCUT2D eigenvalue weighted by molar-refractivity contribution is 4.84. The molecule has 1 nitrogen and oxygen atoms in total. The SMILES string of the molecule is CCCC(CNC1CC1)C1CCCC1. The first kappa shape index (κ1) is 10.5. The molecule has 0 radical (unpaired) electrons. The number of rotatable bonds is 6. The van der Waals surface area contributed by atoms with Gasteiger partial charge in [0.2, 0.25) is 0 Å². The zero-order chi connectivity index (χ0) is 9.80. The van der Waals surface area contributed by atoms with Crippen molar-refractivity contribution in [3.63, 3.8) is 0 Å². The van der Waals surface area contributed by atoms with E-state index in [9.17, 15) is 0 Å². The minimum Gasteiger partial charge on any atom is -0.314 e. The quantitative estimate of drug-likeness (QED) is 0.685. The second-order valence-electron chi connectivity index (χ2n) is 5.28. The molecular formula is C13H25N. The van der Waals surface area contributed by atoms with Crippen molar-refractivity contribution >= 4 is 0 Å². The molecule has 2 aliphatic rings. The van der Waals surface area contributed by atoms with Gasteiger partial charge in [-0.2, -0.15) is 0 Å². The van der Waals surface area contributed by atoms with Crippen molar-refractivity contribution in [2.75, 3.05) is 6.54 Å². The van der Waals surface area contributed by atoms with E-state index in [0.717, 1.165) is 17.9 Å². The largest absolute Gasteiger partial charge is 0.314 e. The summed E-state index contributed by atoms with van der Waals surface area (Å²) in [5.41, 5.74) is 0. The van der Waals surface area contributed by atoms with Gasteiger partial charge < -0.3 is 5.32 Å². The molecule has 0 amide bonds. The lowest BCUT2D eigenvalue weighted by molar-refractivity contribution is 0.301. The molecule has 1 N–H and O–H groups in total. The van der Waals surface area contributed by atoms with Gasteiger partial charge in [-0.15, -0.1) is 0 Å². The molecule has 0 bridgehead atoms. The van der Waals surface area contributed by atoms with E-state index in [-0.39, 0.29) is 0 Å². The van der Waals surface area contributed by atoms with Crippen molar-refractivity contribution in [1.29, 1.82) is 0 Å². The van der Waals surface area contributed by atoms with Crippen molar-refractivity contribution in [1.82, 2.24) is 5.32 Å². The zero-order valence-electron chi connectivity index (χ0n) is 9.60. The van der Waals surface area contributed by atoms with Gasteiger partial charge in [0, 0.05) is 6.04 Å². The van der Waals surface area contributed by atoms with E-state index in [1.54, 1.807) is 0 Å². The third kappa shape index (κ3) is 2.98. The van der Waals surface area contributed by atoms with Crippen molar-refractivity contribution in [2.24, 2.45) is 11.8 Å². The molecule has 1 heteroatoms. The molecule has 0 spiro atoms. The molecule has 0 heterocycles. The van der Waals surface area contributed by atoms with Crippen LogP contribution in [0.4, 0.5) is 0 Å². The molecule has 2 rings (SSSR count). The fraction of sp³-hybridized carbons (Fsp3) is 1.00. The predicted molar refractivity (Wildman–Crippen MR) is 61.4 cm³/mol. The summed E-state index contributed by atoms with van der Waals surface area (Å²) < 4.78 is 0. The Morgan fingerprint density at radius 2 is 1.86 bits per heavy atom. The van der Waals surface area contributed by atoms with E-state index in [0.29, 0.717) is 0 Å². The summed E-state index contributed by atoms with van der Waals surface area (Å²) in [5.74, 6) is 2.05. The van der Waals surface area contributed by atoms with E-state index >= 15 is 0 Å². The van der Waals surface area contributed by atoms with Gasteiger partial charge in [-0.25, -0.2) is 0 Å². The third-order valence-corrected chi connectivity index (χ3v) is 3.97. The Morgan fingerprint density at radius 3 is 2.43 bits per heavy atom. The van der Waals surface area contributed by atoms with Gasteiger partial charge in [-0.3, -0.25) is 0 Å². The van der Waals surface area contributed by atoms with Crippen molar-refractivity contribution in [2.45, 2.75) is 64.3 Å². The summed E-state index contributed by atoms with van der Waals surface area (Å²) in [4.78, 5) is 0. The van der Waals surface area contributed by atoms with Gasteiger partial charge in [0.15, 0.2) is 0 Å². The molecule has 1 atom stereocenters. The normalized spacial score (nSPS) is 25.5. The van der Waals surface area contributed by atoms with Crippen molar-refractivity contribution < 1.29 is 0 Å². The topological polar surface area (TPSA) is 12.0 Å². The van der Waals surface area contributed by atoms with Crippen LogP contribution in [0.2, 0.25) is 0 Å². The van der Waals surface area contributed by atoms with Gasteiger partial charge in [-0.05, 0) is 37.6 Å². The van der Waals surface area contributed by atoms with Crippen LogP contribution in [0.1, 0.15) is 58.3 Å². The maximum absolute atomic E-state index is 3.72. The summed E-state index contributed by atoms with van der Waals surface area (Å²) in [7, 11) is 0. The molecule has 82 valence electrons. The van der Waals surface area contributed by atoms with Gasteiger partial charge >= 0.3 is 0 Å².